The Kier molecular flexibility index (Phi) is 6.08. The van der Waals surface area contributed by atoms with Crippen molar-refractivity contribution in [2.24, 2.45) is 0 Å². The van der Waals surface area contributed by atoms with Gasteiger partial charge in [0, 0.05) is 29.7 Å². The quantitative estimate of drug-likeness (QED) is 0.573. The van der Waals surface area contributed by atoms with Gasteiger partial charge in [-0.2, -0.15) is 0 Å². The Morgan fingerprint density at radius 1 is 1.26 bits per heavy atom. The molecule has 27 heavy (non-hydrogen) atoms. The summed E-state index contributed by atoms with van der Waals surface area (Å²) < 4.78 is 6.26. The van der Waals surface area contributed by atoms with Crippen LogP contribution in [0.4, 0.5) is 11.4 Å². The maximum atomic E-state index is 13.0. The molecule has 3 rings (SSSR count). The predicted molar refractivity (Wildman–Crippen MR) is 106 cm³/mol. The highest BCUT2D eigenvalue weighted by Gasteiger charge is 2.23. The Morgan fingerprint density at radius 3 is 2.63 bits per heavy atom. The molecule has 1 atom stereocenters. The fourth-order valence-corrected chi connectivity index (χ4v) is 3.71. The molecule has 142 valence electrons. The molecule has 0 aromatic heterocycles. The summed E-state index contributed by atoms with van der Waals surface area (Å²) in [6, 6.07) is 11.8. The van der Waals surface area contributed by atoms with E-state index < -0.39 is 4.92 Å². The lowest BCUT2D eigenvalue weighted by molar-refractivity contribution is -0.384. The number of ether oxygens (including phenoxy) is 1. The molecule has 1 heterocycles. The van der Waals surface area contributed by atoms with Gasteiger partial charge in [0.05, 0.1) is 35.4 Å². The normalized spacial score (nSPS) is 15.3. The minimum atomic E-state index is -0.489. The lowest BCUT2D eigenvalue weighted by Gasteiger charge is -2.30. The average Bonchev–Trinajstić information content (AvgIpc) is 2.68. The van der Waals surface area contributed by atoms with E-state index in [1.54, 1.807) is 6.07 Å². The molecule has 0 saturated carbocycles. The highest BCUT2D eigenvalue weighted by atomic mass is 79.9. The van der Waals surface area contributed by atoms with Gasteiger partial charge < -0.3 is 15.0 Å². The van der Waals surface area contributed by atoms with Crippen LogP contribution in [-0.4, -0.2) is 37.1 Å². The fourth-order valence-electron chi connectivity index (χ4n) is 3.08. The summed E-state index contributed by atoms with van der Waals surface area (Å²) in [4.78, 5) is 25.7. The first-order chi connectivity index (χ1) is 13.0. The van der Waals surface area contributed by atoms with E-state index in [-0.39, 0.29) is 17.6 Å². The lowest BCUT2D eigenvalue weighted by atomic mass is 10.1. The van der Waals surface area contributed by atoms with Crippen molar-refractivity contribution in [2.75, 3.05) is 31.2 Å². The van der Waals surface area contributed by atoms with Crippen LogP contribution in [0.3, 0.4) is 0 Å². The van der Waals surface area contributed by atoms with Gasteiger partial charge in [-0.25, -0.2) is 0 Å². The molecule has 1 aliphatic rings. The van der Waals surface area contributed by atoms with E-state index in [2.05, 4.69) is 21.2 Å². The smallest absolute Gasteiger partial charge is 0.270 e. The molecule has 1 N–H and O–H groups in total. The second-order valence-electron chi connectivity index (χ2n) is 6.27. The zero-order valence-corrected chi connectivity index (χ0v) is 16.4. The molecular formula is C19H20BrN3O4. The average molecular weight is 434 g/mol. The van der Waals surface area contributed by atoms with E-state index in [1.807, 2.05) is 36.1 Å². The molecule has 7 nitrogen and oxygen atoms in total. The molecule has 1 aliphatic heterocycles. The molecule has 0 spiro atoms. The molecule has 2 aromatic carbocycles. The number of benzene rings is 2. The van der Waals surface area contributed by atoms with Crippen molar-refractivity contribution in [3.63, 3.8) is 0 Å². The number of hydrogen-bond acceptors (Lipinski definition) is 5. The summed E-state index contributed by atoms with van der Waals surface area (Å²) >= 11 is 3.49. The summed E-state index contributed by atoms with van der Waals surface area (Å²) in [5.41, 5.74) is 1.81. The van der Waals surface area contributed by atoms with Gasteiger partial charge in [-0.3, -0.25) is 14.9 Å². The first-order valence-corrected chi connectivity index (χ1v) is 9.43. The van der Waals surface area contributed by atoms with Gasteiger partial charge >= 0.3 is 0 Å². The zero-order valence-electron chi connectivity index (χ0n) is 14.9. The number of nitrogens with one attached hydrogen (secondary N) is 1. The number of nitro groups is 1. The molecule has 0 radical (unpaired) electrons. The fraction of sp³-hybridized carbons (Fsp3) is 0.316. The maximum absolute atomic E-state index is 13.0. The van der Waals surface area contributed by atoms with Crippen molar-refractivity contribution in [1.29, 1.82) is 0 Å². The third-order valence-electron chi connectivity index (χ3n) is 4.51. The number of amides is 1. The molecule has 1 fully saturated rings. The Balaban J connectivity index is 1.90. The van der Waals surface area contributed by atoms with Crippen molar-refractivity contribution in [1.82, 2.24) is 5.32 Å². The van der Waals surface area contributed by atoms with Gasteiger partial charge in [0.2, 0.25) is 0 Å². The first kappa shape index (κ1) is 19.3. The van der Waals surface area contributed by atoms with Crippen molar-refractivity contribution in [3.05, 3.63) is 68.2 Å². The molecule has 8 heteroatoms. The van der Waals surface area contributed by atoms with Crippen LogP contribution in [0.2, 0.25) is 0 Å². The number of rotatable bonds is 5. The van der Waals surface area contributed by atoms with Gasteiger partial charge in [-0.15, -0.1) is 0 Å². The van der Waals surface area contributed by atoms with Crippen molar-refractivity contribution < 1.29 is 14.5 Å². The maximum Gasteiger partial charge on any atom is 0.270 e. The minimum Gasteiger partial charge on any atom is -0.378 e. The van der Waals surface area contributed by atoms with Gasteiger partial charge in [-0.1, -0.05) is 34.1 Å². The van der Waals surface area contributed by atoms with Crippen LogP contribution >= 0.6 is 15.9 Å². The Hall–Kier alpha value is -2.45. The number of nitro benzene ring substituents is 1. The summed E-state index contributed by atoms with van der Waals surface area (Å²) in [5, 5.41) is 14.1. The molecule has 1 unspecified atom stereocenters. The Morgan fingerprint density at radius 2 is 1.96 bits per heavy atom. The molecule has 2 aromatic rings. The standard InChI is InChI=1S/C19H20BrN3O4/c1-13(15-4-2-3-5-17(15)20)21-19(24)16-12-14(23(25)26)6-7-18(16)22-8-10-27-11-9-22/h2-7,12-13H,8-11H2,1H3,(H,21,24). The van der Waals surface area contributed by atoms with E-state index in [1.165, 1.54) is 12.1 Å². The number of carbonyl (C=O) groups is 1. The van der Waals surface area contributed by atoms with E-state index in [0.29, 0.717) is 37.6 Å². The molecule has 1 saturated heterocycles. The van der Waals surface area contributed by atoms with Crippen molar-refractivity contribution in [2.45, 2.75) is 13.0 Å². The predicted octanol–water partition coefficient (Wildman–Crippen LogP) is 3.68. The van der Waals surface area contributed by atoms with Gasteiger partial charge in [0.1, 0.15) is 0 Å². The van der Waals surface area contributed by atoms with E-state index in [9.17, 15) is 14.9 Å². The second kappa shape index (κ2) is 8.49. The number of anilines is 1. The number of non-ortho nitro benzene ring substituents is 1. The van der Waals surface area contributed by atoms with Crippen molar-refractivity contribution >= 4 is 33.2 Å². The van der Waals surface area contributed by atoms with Crippen LogP contribution in [0.5, 0.6) is 0 Å². The third kappa shape index (κ3) is 4.45. The van der Waals surface area contributed by atoms with Crippen LogP contribution in [0, 0.1) is 10.1 Å². The molecule has 0 bridgehead atoms. The van der Waals surface area contributed by atoms with Gasteiger partial charge in [0.25, 0.3) is 11.6 Å². The third-order valence-corrected chi connectivity index (χ3v) is 5.23. The Labute approximate surface area is 165 Å². The second-order valence-corrected chi connectivity index (χ2v) is 7.13. The minimum absolute atomic E-state index is 0.106. The number of hydrogen-bond donors (Lipinski definition) is 1. The number of nitrogens with zero attached hydrogens (tertiary/aromatic N) is 2. The molecule has 0 aliphatic carbocycles. The lowest BCUT2D eigenvalue weighted by Crippen LogP contribution is -2.38. The summed E-state index contributed by atoms with van der Waals surface area (Å²) in [5.74, 6) is -0.344. The highest BCUT2D eigenvalue weighted by Crippen LogP contribution is 2.28. The van der Waals surface area contributed by atoms with E-state index in [0.717, 1.165) is 10.0 Å². The molecule has 1 amide bonds. The monoisotopic (exact) mass is 433 g/mol. The van der Waals surface area contributed by atoms with Gasteiger partial charge in [-0.05, 0) is 24.6 Å². The zero-order chi connectivity index (χ0) is 19.4. The van der Waals surface area contributed by atoms with Crippen LogP contribution in [-0.2, 0) is 4.74 Å². The van der Waals surface area contributed by atoms with Crippen LogP contribution in [0.25, 0.3) is 0 Å². The van der Waals surface area contributed by atoms with Crippen LogP contribution < -0.4 is 10.2 Å². The van der Waals surface area contributed by atoms with E-state index in [4.69, 9.17) is 4.74 Å². The first-order valence-electron chi connectivity index (χ1n) is 8.64. The summed E-state index contributed by atoms with van der Waals surface area (Å²) in [6.07, 6.45) is 0. The highest BCUT2D eigenvalue weighted by molar-refractivity contribution is 9.10. The number of halogens is 1. The van der Waals surface area contributed by atoms with Crippen LogP contribution in [0.15, 0.2) is 46.9 Å². The summed E-state index contributed by atoms with van der Waals surface area (Å²) in [6.45, 7) is 4.27. The largest absolute Gasteiger partial charge is 0.378 e. The number of morpholine rings is 1. The van der Waals surface area contributed by atoms with Crippen LogP contribution in [0.1, 0.15) is 28.9 Å². The van der Waals surface area contributed by atoms with Gasteiger partial charge in [0.15, 0.2) is 0 Å². The SMILES string of the molecule is CC(NC(=O)c1cc([N+](=O)[O-])ccc1N1CCOCC1)c1ccccc1Br. The topological polar surface area (TPSA) is 84.7 Å². The summed E-state index contributed by atoms with van der Waals surface area (Å²) in [7, 11) is 0. The Bertz CT molecular complexity index is 853. The van der Waals surface area contributed by atoms with Crippen molar-refractivity contribution in [3.8, 4) is 0 Å². The molecular weight excluding hydrogens is 414 g/mol. The van der Waals surface area contributed by atoms with E-state index >= 15 is 0 Å². The number of carbonyl (C=O) groups excluding carboxylic acids is 1.